The van der Waals surface area contributed by atoms with Gasteiger partial charge in [-0.25, -0.2) is 19.2 Å². The van der Waals surface area contributed by atoms with Gasteiger partial charge >= 0.3 is 24.1 Å². The second-order valence-electron chi connectivity index (χ2n) is 24.5. The molecule has 2 aliphatic carbocycles. The molecule has 3 heterocycles. The number of likely N-dealkylation sites (tertiary alicyclic amines) is 1. The monoisotopic (exact) mass is 1070 g/mol. The van der Waals surface area contributed by atoms with Gasteiger partial charge in [-0.2, -0.15) is 0 Å². The first-order chi connectivity index (χ1) is 35.6. The minimum Gasteiger partial charge on any atom is -0.467 e. The quantitative estimate of drug-likeness (QED) is 0.0468. The van der Waals surface area contributed by atoms with Crippen LogP contribution in [0, 0.1) is 34.5 Å². The minimum atomic E-state index is -0.823. The lowest BCUT2D eigenvalue weighted by Crippen LogP contribution is -2.57. The molecule has 6 amide bonds. The van der Waals surface area contributed by atoms with Crippen molar-refractivity contribution in [3.8, 4) is 0 Å². The molecule has 1 unspecified atom stereocenters. The molecular weight excluding hydrogens is 973 g/mol. The zero-order valence-corrected chi connectivity index (χ0v) is 48.0. The summed E-state index contributed by atoms with van der Waals surface area (Å²) in [6.07, 6.45) is 18.3. The van der Waals surface area contributed by atoms with Crippen LogP contribution in [0.5, 0.6) is 0 Å². The molecule has 0 radical (unpaired) electrons. The Bertz CT molecular complexity index is 2090. The fraction of sp³-hybridized carbons (Fsp3) is 0.759. The molecular formula is C58H94N6O12. The third-order valence-electron chi connectivity index (χ3n) is 15.8. The van der Waals surface area contributed by atoms with E-state index < -0.39 is 71.6 Å². The lowest BCUT2D eigenvalue weighted by Gasteiger charge is -2.34. The summed E-state index contributed by atoms with van der Waals surface area (Å²) >= 11 is 0. The molecule has 5 aliphatic rings. The molecule has 3 aliphatic heterocycles. The molecule has 2 saturated carbocycles. The Morgan fingerprint density at radius 2 is 1.26 bits per heavy atom. The third kappa shape index (κ3) is 17.6. The molecule has 4 fully saturated rings. The molecule has 18 heteroatoms. The summed E-state index contributed by atoms with van der Waals surface area (Å²) < 4.78 is 20.8. The van der Waals surface area contributed by atoms with Gasteiger partial charge < -0.3 is 50.0 Å². The largest absolute Gasteiger partial charge is 0.467 e. The number of nitrogens with zero attached hydrogens (tertiary/aromatic N) is 2. The molecule has 0 bridgehead atoms. The molecule has 76 heavy (non-hydrogen) atoms. The standard InChI is InChI=1S/C30H49N3O6.C28H45N3O6/c1-9-11-13-15-17-21(32-28(37)39-29(3,4)5)26(35)33-19-20-23(30(20,6)7)24(33)25(34)31-22(27(36)38-8)18-16-14-12-10-2;1-27(2,3)37-26(35)30-19-15-13-11-9-7-8-10-12-14-16-20(25(34)36-6)29-23(32)22-21-18(28(21,4)5)17-31(22)24(19)33/h9-10,20-24H,1-2,11-19H2,3-8H3,(H,31,34)(H,32,37);7-8,18-22H,9-17H2,1-6H3,(H,29,32)(H,30,35)/t20?,21-,22-,23-,24-;18-,19-,20-,21-,22-/m00/s1. The number of nitrogens with one attached hydrogen (secondary N) is 4. The number of unbranched alkanes of at least 4 members (excludes halogenated alkanes) is 4. The number of carbonyl (C=O) groups excluding carboxylic acids is 8. The van der Waals surface area contributed by atoms with Crippen molar-refractivity contribution in [2.75, 3.05) is 27.3 Å². The van der Waals surface area contributed by atoms with Crippen LogP contribution in [0.2, 0.25) is 0 Å². The fourth-order valence-electron chi connectivity index (χ4n) is 11.5. The predicted molar refractivity (Wildman–Crippen MR) is 290 cm³/mol. The van der Waals surface area contributed by atoms with Gasteiger partial charge in [-0.05, 0) is 153 Å². The summed E-state index contributed by atoms with van der Waals surface area (Å²) in [4.78, 5) is 108. The van der Waals surface area contributed by atoms with E-state index in [2.05, 4.69) is 74.3 Å². The lowest BCUT2D eigenvalue weighted by molar-refractivity contribution is -0.148. The summed E-state index contributed by atoms with van der Waals surface area (Å²) in [6.45, 7) is 27.4. The van der Waals surface area contributed by atoms with Crippen LogP contribution in [0.1, 0.15) is 172 Å². The van der Waals surface area contributed by atoms with Gasteiger partial charge in [0.15, 0.2) is 0 Å². The number of carbonyl (C=O) groups is 8. The zero-order valence-electron chi connectivity index (χ0n) is 48.0. The van der Waals surface area contributed by atoms with Crippen molar-refractivity contribution < 1.29 is 57.3 Å². The van der Waals surface area contributed by atoms with Gasteiger partial charge in [0.2, 0.25) is 23.6 Å². The Morgan fingerprint density at radius 3 is 1.82 bits per heavy atom. The highest BCUT2D eigenvalue weighted by Crippen LogP contribution is 2.66. The fourth-order valence-corrected chi connectivity index (χ4v) is 11.5. The summed E-state index contributed by atoms with van der Waals surface area (Å²) in [7, 11) is 2.62. The van der Waals surface area contributed by atoms with Crippen LogP contribution in [0.15, 0.2) is 37.5 Å². The zero-order chi connectivity index (χ0) is 56.8. The normalized spacial score (nSPS) is 26.6. The average molecular weight is 1070 g/mol. The van der Waals surface area contributed by atoms with E-state index in [1.54, 1.807) is 51.3 Å². The van der Waals surface area contributed by atoms with Crippen LogP contribution in [0.4, 0.5) is 9.59 Å². The maximum atomic E-state index is 13.9. The highest BCUT2D eigenvalue weighted by Gasteiger charge is 2.71. The van der Waals surface area contributed by atoms with E-state index in [1.807, 2.05) is 12.2 Å². The highest BCUT2D eigenvalue weighted by molar-refractivity contribution is 5.96. The second kappa shape index (κ2) is 27.8. The van der Waals surface area contributed by atoms with E-state index in [0.29, 0.717) is 45.2 Å². The number of hydrogen-bond donors (Lipinski definition) is 4. The summed E-state index contributed by atoms with van der Waals surface area (Å²) in [5, 5.41) is 11.3. The number of hydrogen-bond acceptors (Lipinski definition) is 12. The number of ether oxygens (including phenoxy) is 4. The van der Waals surface area contributed by atoms with Crippen molar-refractivity contribution in [3.63, 3.8) is 0 Å². The van der Waals surface area contributed by atoms with E-state index >= 15 is 0 Å². The van der Waals surface area contributed by atoms with Gasteiger partial charge in [-0.1, -0.05) is 77.7 Å². The molecule has 2 saturated heterocycles. The van der Waals surface area contributed by atoms with E-state index in [1.165, 1.54) is 14.2 Å². The van der Waals surface area contributed by atoms with Crippen molar-refractivity contribution >= 4 is 47.8 Å². The van der Waals surface area contributed by atoms with Gasteiger partial charge in [0.05, 0.1) is 14.2 Å². The lowest BCUT2D eigenvalue weighted by atomic mass is 9.98. The number of rotatable bonds is 17. The molecule has 428 valence electrons. The topological polar surface area (TPSA) is 228 Å². The van der Waals surface area contributed by atoms with Gasteiger partial charge in [-0.3, -0.25) is 19.2 Å². The van der Waals surface area contributed by atoms with Crippen LogP contribution in [-0.4, -0.2) is 132 Å². The van der Waals surface area contributed by atoms with Gasteiger partial charge in [-0.15, -0.1) is 13.2 Å². The second-order valence-corrected chi connectivity index (χ2v) is 24.5. The van der Waals surface area contributed by atoms with Crippen LogP contribution in [0.3, 0.4) is 0 Å². The average Bonchev–Trinajstić information content (AvgIpc) is 3.78. The van der Waals surface area contributed by atoms with Crippen LogP contribution in [-0.2, 0) is 47.7 Å². The van der Waals surface area contributed by atoms with Crippen LogP contribution in [0.25, 0.3) is 0 Å². The van der Waals surface area contributed by atoms with Gasteiger partial charge in [0.25, 0.3) is 0 Å². The Labute approximate surface area is 453 Å². The molecule has 4 N–H and O–H groups in total. The van der Waals surface area contributed by atoms with E-state index in [4.69, 9.17) is 18.9 Å². The Hall–Kier alpha value is -5.42. The number of fused-ring (bicyclic) bond motifs is 4. The van der Waals surface area contributed by atoms with Crippen molar-refractivity contribution in [1.29, 1.82) is 0 Å². The maximum Gasteiger partial charge on any atom is 0.408 e. The predicted octanol–water partition coefficient (Wildman–Crippen LogP) is 8.22. The summed E-state index contributed by atoms with van der Waals surface area (Å²) in [5.41, 5.74) is -1.57. The Kier molecular flexibility index (Phi) is 23.1. The van der Waals surface area contributed by atoms with Crippen LogP contribution < -0.4 is 21.3 Å². The highest BCUT2D eigenvalue weighted by atomic mass is 16.6. The number of amides is 6. The molecule has 0 aromatic heterocycles. The Balaban J connectivity index is 0.000000329. The van der Waals surface area contributed by atoms with Crippen molar-refractivity contribution in [2.45, 2.75) is 219 Å². The Morgan fingerprint density at radius 1 is 0.724 bits per heavy atom. The molecule has 10 atom stereocenters. The summed E-state index contributed by atoms with van der Waals surface area (Å²) in [5.74, 6) is -1.90. The minimum absolute atomic E-state index is 0.00297. The first-order valence-corrected chi connectivity index (χ1v) is 27.9. The number of alkyl carbamates (subject to hydrolysis) is 2. The van der Waals surface area contributed by atoms with E-state index in [9.17, 15) is 38.4 Å². The van der Waals surface area contributed by atoms with Gasteiger partial charge in [0, 0.05) is 13.1 Å². The van der Waals surface area contributed by atoms with Crippen molar-refractivity contribution in [1.82, 2.24) is 31.1 Å². The number of esters is 2. The number of piperidine rings is 2. The third-order valence-corrected chi connectivity index (χ3v) is 15.8. The maximum absolute atomic E-state index is 13.9. The first kappa shape index (κ1) is 63.1. The molecule has 0 spiro atoms. The van der Waals surface area contributed by atoms with E-state index in [0.717, 1.165) is 70.6 Å². The smallest absolute Gasteiger partial charge is 0.408 e. The SMILES string of the molecule is C=CCCCC[C@H](NC(=O)[C@@H]1[C@@H]2C(CN1C(=O)[C@H](CCCCC=C)NC(=O)OC(C)(C)C)C2(C)C)C(=O)OC.COC(=O)[C@@H]1CCCCC=CCCCC[C@H](NC(=O)OC(C)(C)C)C(=O)N2C[C@H]3[C@@H]([C@H]2C(=O)N1)C3(C)C. The van der Waals surface area contributed by atoms with Crippen molar-refractivity contribution in [3.05, 3.63) is 37.5 Å². The molecule has 0 aromatic carbocycles. The molecule has 5 rings (SSSR count). The first-order valence-electron chi connectivity index (χ1n) is 27.9. The summed E-state index contributed by atoms with van der Waals surface area (Å²) in [6, 6.07) is -4.59. The number of methoxy groups -OCH3 is 2. The van der Waals surface area contributed by atoms with Crippen molar-refractivity contribution in [2.24, 2.45) is 34.5 Å². The number of allylic oxidation sites excluding steroid dienone is 4. The van der Waals surface area contributed by atoms with Crippen LogP contribution >= 0.6 is 0 Å². The van der Waals surface area contributed by atoms with E-state index in [-0.39, 0.29) is 58.1 Å². The molecule has 18 nitrogen and oxygen atoms in total. The van der Waals surface area contributed by atoms with Gasteiger partial charge in [0.1, 0.15) is 47.5 Å². The molecule has 0 aromatic rings.